The van der Waals surface area contributed by atoms with Crippen molar-refractivity contribution in [3.63, 3.8) is 0 Å². The summed E-state index contributed by atoms with van der Waals surface area (Å²) in [5.41, 5.74) is 6.51. The fraction of sp³-hybridized carbons (Fsp3) is 0.265. The first-order valence-electron chi connectivity index (χ1n) is 13.1. The Labute approximate surface area is 227 Å². The third-order valence-electron chi connectivity index (χ3n) is 7.21. The lowest BCUT2D eigenvalue weighted by molar-refractivity contribution is 0.596. The minimum atomic E-state index is 0.0461. The molecule has 0 N–H and O–H groups in total. The van der Waals surface area contributed by atoms with Crippen LogP contribution in [0.4, 0.5) is 0 Å². The second-order valence-corrected chi connectivity index (χ2v) is 14.0. The molecule has 0 aliphatic rings. The summed E-state index contributed by atoms with van der Waals surface area (Å²) in [5.74, 6) is 0.667. The van der Waals surface area contributed by atoms with Gasteiger partial charge in [0.25, 0.3) is 0 Å². The number of aromatic nitrogens is 1. The first kappa shape index (κ1) is 24.3. The van der Waals surface area contributed by atoms with Crippen molar-refractivity contribution in [2.24, 2.45) is 5.92 Å². The lowest BCUT2D eigenvalue weighted by Crippen LogP contribution is -2.12. The molecule has 3 heteroatoms. The first-order valence-corrected chi connectivity index (χ1v) is 14.8. The van der Waals surface area contributed by atoms with Gasteiger partial charge in [-0.05, 0) is 76.9 Å². The van der Waals surface area contributed by atoms with E-state index in [-0.39, 0.29) is 5.41 Å². The number of aryl methyl sites for hydroxylation is 1. The fourth-order valence-corrected chi connectivity index (χ4v) is 7.93. The first-order chi connectivity index (χ1) is 17.7. The monoisotopic (exact) mass is 519 g/mol. The van der Waals surface area contributed by atoms with Crippen LogP contribution in [0.3, 0.4) is 0 Å². The molecule has 0 amide bonds. The maximum Gasteiger partial charge on any atom is 0.0789 e. The number of hydrogen-bond donors (Lipinski definition) is 0. The summed E-state index contributed by atoms with van der Waals surface area (Å²) < 4.78 is 2.69. The minimum absolute atomic E-state index is 0.0461. The smallest absolute Gasteiger partial charge is 0.0789 e. The van der Waals surface area contributed by atoms with Crippen molar-refractivity contribution < 1.29 is 0 Å². The SMILES string of the molecule is Cc1sc2cc(CC(C)C)ccc2c1-c1cc2c(-c3cc(C(C)(C)C)c4ccccc4c3)nccc2s1. The molecule has 186 valence electrons. The number of fused-ring (bicyclic) bond motifs is 3. The summed E-state index contributed by atoms with van der Waals surface area (Å²) in [6, 6.07) is 25.0. The average molecular weight is 520 g/mol. The lowest BCUT2D eigenvalue weighted by Gasteiger charge is -2.22. The number of benzene rings is 3. The summed E-state index contributed by atoms with van der Waals surface area (Å²) in [6.07, 6.45) is 3.10. The van der Waals surface area contributed by atoms with Gasteiger partial charge in [0.2, 0.25) is 0 Å². The second kappa shape index (κ2) is 9.08. The zero-order valence-corrected chi connectivity index (χ0v) is 24.1. The number of nitrogens with zero attached hydrogens (tertiary/aromatic N) is 1. The Kier molecular flexibility index (Phi) is 5.97. The van der Waals surface area contributed by atoms with E-state index in [9.17, 15) is 0 Å². The van der Waals surface area contributed by atoms with Gasteiger partial charge in [-0.2, -0.15) is 0 Å². The molecular weight excluding hydrogens is 487 g/mol. The van der Waals surface area contributed by atoms with Crippen molar-refractivity contribution in [2.75, 3.05) is 0 Å². The maximum absolute atomic E-state index is 4.93. The van der Waals surface area contributed by atoms with E-state index in [1.165, 1.54) is 63.0 Å². The van der Waals surface area contributed by atoms with E-state index < -0.39 is 0 Å². The van der Waals surface area contributed by atoms with Gasteiger partial charge in [0, 0.05) is 47.3 Å². The molecule has 3 aromatic heterocycles. The largest absolute Gasteiger partial charge is 0.256 e. The second-order valence-electron chi connectivity index (χ2n) is 11.6. The maximum atomic E-state index is 4.93. The molecule has 37 heavy (non-hydrogen) atoms. The summed E-state index contributed by atoms with van der Waals surface area (Å²) >= 11 is 3.81. The van der Waals surface area contributed by atoms with E-state index in [1.54, 1.807) is 0 Å². The van der Waals surface area contributed by atoms with Crippen LogP contribution < -0.4 is 0 Å². The molecule has 0 unspecified atom stereocenters. The van der Waals surface area contributed by atoms with Crippen LogP contribution in [-0.2, 0) is 11.8 Å². The Hall–Kier alpha value is -3.01. The predicted octanol–water partition coefficient (Wildman–Crippen LogP) is 10.8. The fourth-order valence-electron chi connectivity index (χ4n) is 5.55. The van der Waals surface area contributed by atoms with Gasteiger partial charge in [0.1, 0.15) is 0 Å². The Bertz CT molecular complexity index is 1780. The normalized spacial score (nSPS) is 12.4. The van der Waals surface area contributed by atoms with Gasteiger partial charge in [-0.3, -0.25) is 4.98 Å². The summed E-state index contributed by atoms with van der Waals surface area (Å²) in [7, 11) is 0. The van der Waals surface area contributed by atoms with Gasteiger partial charge in [-0.1, -0.05) is 71.0 Å². The molecule has 6 aromatic rings. The highest BCUT2D eigenvalue weighted by molar-refractivity contribution is 7.24. The molecule has 0 saturated carbocycles. The number of thiophene rings is 2. The van der Waals surface area contributed by atoms with Gasteiger partial charge in [-0.25, -0.2) is 0 Å². The summed E-state index contributed by atoms with van der Waals surface area (Å²) in [6.45, 7) is 13.7. The number of pyridine rings is 1. The van der Waals surface area contributed by atoms with Crippen molar-refractivity contribution >= 4 is 53.6 Å². The minimum Gasteiger partial charge on any atom is -0.256 e. The molecule has 3 aromatic carbocycles. The van der Waals surface area contributed by atoms with E-state index in [0.717, 1.165) is 12.1 Å². The van der Waals surface area contributed by atoms with Gasteiger partial charge in [0.05, 0.1) is 5.69 Å². The van der Waals surface area contributed by atoms with Crippen molar-refractivity contribution in [1.82, 2.24) is 4.98 Å². The highest BCUT2D eigenvalue weighted by Gasteiger charge is 2.21. The highest BCUT2D eigenvalue weighted by atomic mass is 32.1. The molecule has 0 aliphatic heterocycles. The van der Waals surface area contributed by atoms with Gasteiger partial charge in [-0.15, -0.1) is 22.7 Å². The van der Waals surface area contributed by atoms with Crippen molar-refractivity contribution in [3.8, 4) is 21.7 Å². The zero-order valence-electron chi connectivity index (χ0n) is 22.5. The number of rotatable bonds is 4. The Morgan fingerprint density at radius 1 is 0.811 bits per heavy atom. The molecule has 3 heterocycles. The van der Waals surface area contributed by atoms with E-state index >= 15 is 0 Å². The van der Waals surface area contributed by atoms with E-state index in [1.807, 2.05) is 28.9 Å². The Morgan fingerprint density at radius 3 is 2.41 bits per heavy atom. The third-order valence-corrected chi connectivity index (χ3v) is 9.40. The lowest BCUT2D eigenvalue weighted by atomic mass is 9.82. The van der Waals surface area contributed by atoms with Crippen LogP contribution in [0.15, 0.2) is 72.9 Å². The van der Waals surface area contributed by atoms with Crippen LogP contribution in [0.2, 0.25) is 0 Å². The molecule has 0 aliphatic carbocycles. The van der Waals surface area contributed by atoms with Crippen LogP contribution >= 0.6 is 22.7 Å². The van der Waals surface area contributed by atoms with Gasteiger partial charge >= 0.3 is 0 Å². The molecule has 1 nitrogen and oxygen atoms in total. The van der Waals surface area contributed by atoms with Crippen LogP contribution in [0.25, 0.3) is 52.6 Å². The third kappa shape index (κ3) is 4.39. The molecular formula is C34H33NS2. The topological polar surface area (TPSA) is 12.9 Å². The molecule has 0 spiro atoms. The van der Waals surface area contributed by atoms with Gasteiger partial charge in [0.15, 0.2) is 0 Å². The molecule has 0 fully saturated rings. The molecule has 0 bridgehead atoms. The van der Waals surface area contributed by atoms with Crippen LogP contribution in [0, 0.1) is 12.8 Å². The molecule has 0 radical (unpaired) electrons. The van der Waals surface area contributed by atoms with E-state index in [0.29, 0.717) is 5.92 Å². The Balaban J connectivity index is 1.52. The molecule has 6 rings (SSSR count). The van der Waals surface area contributed by atoms with Crippen LogP contribution in [-0.4, -0.2) is 4.98 Å². The standard InChI is InChI=1S/C34H33NS2/c1-20(2)15-22-11-12-26-30(16-22)36-21(3)32(26)31-19-27-29(37-31)13-14-35-33(27)24-17-23-9-7-8-10-25(23)28(18-24)34(4,5)6/h7-14,16-20H,15H2,1-6H3. The van der Waals surface area contributed by atoms with Crippen LogP contribution in [0.1, 0.15) is 50.6 Å². The van der Waals surface area contributed by atoms with E-state index in [2.05, 4.69) is 108 Å². The van der Waals surface area contributed by atoms with Crippen molar-refractivity contribution in [1.29, 1.82) is 0 Å². The van der Waals surface area contributed by atoms with Crippen molar-refractivity contribution in [3.05, 3.63) is 88.9 Å². The average Bonchev–Trinajstić information content (AvgIpc) is 3.41. The van der Waals surface area contributed by atoms with Crippen LogP contribution in [0.5, 0.6) is 0 Å². The Morgan fingerprint density at radius 2 is 1.62 bits per heavy atom. The van der Waals surface area contributed by atoms with Crippen molar-refractivity contribution in [2.45, 2.75) is 53.4 Å². The zero-order chi connectivity index (χ0) is 25.9. The highest BCUT2D eigenvalue weighted by Crippen LogP contribution is 2.45. The summed E-state index contributed by atoms with van der Waals surface area (Å²) in [4.78, 5) is 7.66. The molecule has 0 saturated heterocycles. The van der Waals surface area contributed by atoms with E-state index in [4.69, 9.17) is 4.98 Å². The summed E-state index contributed by atoms with van der Waals surface area (Å²) in [5, 5.41) is 5.22. The predicted molar refractivity (Wildman–Crippen MR) is 165 cm³/mol. The quantitative estimate of drug-likeness (QED) is 0.226. The van der Waals surface area contributed by atoms with Gasteiger partial charge < -0.3 is 0 Å². The molecule has 0 atom stereocenters. The number of hydrogen-bond acceptors (Lipinski definition) is 3.